The number of benzene rings is 1. The van der Waals surface area contributed by atoms with E-state index in [4.69, 9.17) is 5.11 Å². The summed E-state index contributed by atoms with van der Waals surface area (Å²) in [7, 11) is -3.81. The Kier molecular flexibility index (Phi) is 5.08. The van der Waals surface area contributed by atoms with Crippen molar-refractivity contribution in [2.24, 2.45) is 5.92 Å². The van der Waals surface area contributed by atoms with E-state index in [1.54, 1.807) is 26.0 Å². The van der Waals surface area contributed by atoms with E-state index in [1.807, 2.05) is 6.92 Å². The Labute approximate surface area is 113 Å². The fraction of sp³-hybridized carbons (Fsp3) is 0.462. The van der Waals surface area contributed by atoms with Crippen LogP contribution in [0.3, 0.4) is 0 Å². The largest absolute Gasteiger partial charge is 0.480 e. The standard InChI is InChI=1S/C13H19NO4S/c1-4-10-5-7-11(8-6-10)19(17,18)14-12(9(2)3)13(15)16/h5-9,12,14H,4H2,1-3H3,(H,15,16)/t12-/m1/s1. The maximum atomic E-state index is 12.1. The fourth-order valence-electron chi connectivity index (χ4n) is 1.61. The van der Waals surface area contributed by atoms with Gasteiger partial charge in [-0.25, -0.2) is 8.42 Å². The number of rotatable bonds is 6. The van der Waals surface area contributed by atoms with Crippen molar-refractivity contribution < 1.29 is 18.3 Å². The molecule has 0 aromatic heterocycles. The molecule has 0 aliphatic heterocycles. The Bertz CT molecular complexity index is 534. The number of aliphatic carboxylic acids is 1. The summed E-state index contributed by atoms with van der Waals surface area (Å²) in [6.07, 6.45) is 0.817. The number of carboxylic acid groups (broad SMARTS) is 1. The number of aryl methyl sites for hydroxylation is 1. The number of sulfonamides is 1. The third kappa shape index (κ3) is 4.04. The van der Waals surface area contributed by atoms with E-state index in [0.717, 1.165) is 12.0 Å². The highest BCUT2D eigenvalue weighted by Crippen LogP contribution is 2.13. The van der Waals surface area contributed by atoms with Gasteiger partial charge in [0.1, 0.15) is 6.04 Å². The number of nitrogens with one attached hydrogen (secondary N) is 1. The Morgan fingerprint density at radius 3 is 2.16 bits per heavy atom. The van der Waals surface area contributed by atoms with Gasteiger partial charge in [-0.3, -0.25) is 4.79 Å². The van der Waals surface area contributed by atoms with Crippen molar-refractivity contribution in [1.82, 2.24) is 4.72 Å². The van der Waals surface area contributed by atoms with Gasteiger partial charge in [0.15, 0.2) is 0 Å². The minimum atomic E-state index is -3.81. The molecule has 2 N–H and O–H groups in total. The maximum absolute atomic E-state index is 12.1. The first-order valence-corrected chi connectivity index (χ1v) is 7.60. The van der Waals surface area contributed by atoms with Crippen LogP contribution in [0, 0.1) is 5.92 Å². The van der Waals surface area contributed by atoms with Gasteiger partial charge >= 0.3 is 5.97 Å². The van der Waals surface area contributed by atoms with E-state index in [1.165, 1.54) is 12.1 Å². The summed E-state index contributed by atoms with van der Waals surface area (Å²) in [6, 6.07) is 5.29. The zero-order valence-corrected chi connectivity index (χ0v) is 12.1. The van der Waals surface area contributed by atoms with Gasteiger partial charge in [-0.05, 0) is 30.0 Å². The molecule has 0 fully saturated rings. The maximum Gasteiger partial charge on any atom is 0.322 e. The Morgan fingerprint density at radius 1 is 1.26 bits per heavy atom. The number of hydrogen-bond acceptors (Lipinski definition) is 3. The van der Waals surface area contributed by atoms with Crippen LogP contribution in [0.2, 0.25) is 0 Å². The lowest BCUT2D eigenvalue weighted by Crippen LogP contribution is -2.44. The quantitative estimate of drug-likeness (QED) is 0.832. The third-order valence-corrected chi connectivity index (χ3v) is 4.31. The molecule has 0 aliphatic carbocycles. The second-order valence-corrected chi connectivity index (χ2v) is 6.39. The first-order chi connectivity index (χ1) is 8.77. The van der Waals surface area contributed by atoms with Gasteiger partial charge in [0, 0.05) is 0 Å². The van der Waals surface area contributed by atoms with Crippen LogP contribution in [-0.2, 0) is 21.2 Å². The Hall–Kier alpha value is -1.40. The van der Waals surface area contributed by atoms with Gasteiger partial charge in [-0.15, -0.1) is 0 Å². The first-order valence-electron chi connectivity index (χ1n) is 6.12. The van der Waals surface area contributed by atoms with Gasteiger partial charge in [-0.2, -0.15) is 4.72 Å². The molecule has 1 atom stereocenters. The summed E-state index contributed by atoms with van der Waals surface area (Å²) in [5.41, 5.74) is 1.03. The zero-order valence-electron chi connectivity index (χ0n) is 11.3. The summed E-state index contributed by atoms with van der Waals surface area (Å²) in [4.78, 5) is 11.1. The van der Waals surface area contributed by atoms with E-state index >= 15 is 0 Å². The molecule has 0 saturated carbocycles. The summed E-state index contributed by atoms with van der Waals surface area (Å²) in [6.45, 7) is 5.28. The van der Waals surface area contributed by atoms with Crippen LogP contribution in [0.4, 0.5) is 0 Å². The van der Waals surface area contributed by atoms with Crippen LogP contribution in [0.15, 0.2) is 29.2 Å². The molecular weight excluding hydrogens is 266 g/mol. The minimum Gasteiger partial charge on any atom is -0.480 e. The molecule has 0 aliphatic rings. The molecule has 0 heterocycles. The van der Waals surface area contributed by atoms with Crippen molar-refractivity contribution in [2.45, 2.75) is 38.1 Å². The van der Waals surface area contributed by atoms with Crippen LogP contribution in [0.25, 0.3) is 0 Å². The molecular formula is C13H19NO4S. The molecule has 1 aromatic carbocycles. The van der Waals surface area contributed by atoms with E-state index in [0.29, 0.717) is 0 Å². The highest BCUT2D eigenvalue weighted by atomic mass is 32.2. The van der Waals surface area contributed by atoms with Crippen molar-refractivity contribution >= 4 is 16.0 Å². The van der Waals surface area contributed by atoms with Gasteiger partial charge in [0.05, 0.1) is 4.90 Å². The second kappa shape index (κ2) is 6.16. The van der Waals surface area contributed by atoms with Crippen LogP contribution in [0.1, 0.15) is 26.3 Å². The predicted molar refractivity (Wildman–Crippen MR) is 72.4 cm³/mol. The number of hydrogen-bond donors (Lipinski definition) is 2. The minimum absolute atomic E-state index is 0.0802. The molecule has 19 heavy (non-hydrogen) atoms. The Balaban J connectivity index is 2.99. The smallest absolute Gasteiger partial charge is 0.322 e. The number of carbonyl (C=O) groups is 1. The molecule has 5 nitrogen and oxygen atoms in total. The Morgan fingerprint density at radius 2 is 1.79 bits per heavy atom. The predicted octanol–water partition coefficient (Wildman–Crippen LogP) is 1.64. The molecule has 1 aromatic rings. The van der Waals surface area contributed by atoms with E-state index < -0.39 is 22.0 Å². The lowest BCUT2D eigenvalue weighted by atomic mass is 10.1. The average molecular weight is 285 g/mol. The van der Waals surface area contributed by atoms with Crippen LogP contribution < -0.4 is 4.72 Å². The van der Waals surface area contributed by atoms with Crippen LogP contribution >= 0.6 is 0 Å². The lowest BCUT2D eigenvalue weighted by molar-refractivity contribution is -0.140. The average Bonchev–Trinajstić information content (AvgIpc) is 2.35. The van der Waals surface area contributed by atoms with E-state index in [2.05, 4.69) is 4.72 Å². The molecule has 0 saturated heterocycles. The van der Waals surface area contributed by atoms with Gasteiger partial charge in [-0.1, -0.05) is 32.9 Å². The van der Waals surface area contributed by atoms with Crippen molar-refractivity contribution in [2.75, 3.05) is 0 Å². The molecule has 6 heteroatoms. The highest BCUT2D eigenvalue weighted by molar-refractivity contribution is 7.89. The lowest BCUT2D eigenvalue weighted by Gasteiger charge is -2.18. The molecule has 0 spiro atoms. The zero-order chi connectivity index (χ0) is 14.6. The van der Waals surface area contributed by atoms with Crippen molar-refractivity contribution in [1.29, 1.82) is 0 Å². The summed E-state index contributed by atoms with van der Waals surface area (Å²) in [5.74, 6) is -1.51. The van der Waals surface area contributed by atoms with Gasteiger partial charge < -0.3 is 5.11 Å². The SMILES string of the molecule is CCc1ccc(S(=O)(=O)N[C@@H](C(=O)O)C(C)C)cc1. The van der Waals surface area contributed by atoms with E-state index in [9.17, 15) is 13.2 Å². The fourth-order valence-corrected chi connectivity index (χ4v) is 2.95. The summed E-state index contributed by atoms with van der Waals surface area (Å²) in [5, 5.41) is 9.01. The van der Waals surface area contributed by atoms with Gasteiger partial charge in [0.2, 0.25) is 10.0 Å². The molecule has 0 bridgehead atoms. The van der Waals surface area contributed by atoms with Crippen molar-refractivity contribution in [3.8, 4) is 0 Å². The first kappa shape index (κ1) is 15.7. The molecule has 0 unspecified atom stereocenters. The molecule has 106 valence electrons. The van der Waals surface area contributed by atoms with Crippen LogP contribution in [0.5, 0.6) is 0 Å². The third-order valence-electron chi connectivity index (χ3n) is 2.86. The highest BCUT2D eigenvalue weighted by Gasteiger charge is 2.27. The molecule has 0 radical (unpaired) electrons. The summed E-state index contributed by atoms with van der Waals surface area (Å²) < 4.78 is 26.4. The second-order valence-electron chi connectivity index (χ2n) is 4.68. The normalized spacial score (nSPS) is 13.5. The van der Waals surface area contributed by atoms with Crippen LogP contribution in [-0.4, -0.2) is 25.5 Å². The van der Waals surface area contributed by atoms with Gasteiger partial charge in [0.25, 0.3) is 0 Å². The van der Waals surface area contributed by atoms with Crippen molar-refractivity contribution in [3.05, 3.63) is 29.8 Å². The molecule has 0 amide bonds. The summed E-state index contributed by atoms with van der Waals surface area (Å²) >= 11 is 0. The van der Waals surface area contributed by atoms with E-state index in [-0.39, 0.29) is 10.8 Å². The topological polar surface area (TPSA) is 83.5 Å². The van der Waals surface area contributed by atoms with Crippen molar-refractivity contribution in [3.63, 3.8) is 0 Å². The molecule has 1 rings (SSSR count). The number of carboxylic acids is 1. The monoisotopic (exact) mass is 285 g/mol.